The van der Waals surface area contributed by atoms with Crippen LogP contribution in [0.4, 0.5) is 0 Å². The van der Waals surface area contributed by atoms with Crippen molar-refractivity contribution in [1.29, 1.82) is 0 Å². The van der Waals surface area contributed by atoms with Crippen LogP contribution in [-0.4, -0.2) is 25.5 Å². The van der Waals surface area contributed by atoms with Crippen LogP contribution in [0.15, 0.2) is 12.2 Å². The number of allylic oxidation sites excluding steroid dienone is 1. The lowest BCUT2D eigenvalue weighted by Gasteiger charge is -2.34. The molecule has 0 bridgehead atoms. The molecule has 1 heterocycles. The van der Waals surface area contributed by atoms with Crippen LogP contribution in [0.5, 0.6) is 0 Å². The fourth-order valence-electron chi connectivity index (χ4n) is 1.90. The second-order valence-corrected chi connectivity index (χ2v) is 4.30. The number of carbonyl (C=O) groups is 1. The first-order valence-corrected chi connectivity index (χ1v) is 5.62. The summed E-state index contributed by atoms with van der Waals surface area (Å²) >= 11 is 0. The molecule has 3 heteroatoms. The first kappa shape index (κ1) is 12.4. The minimum Gasteiger partial charge on any atom is -0.381 e. The molecular weight excluding hydrogens is 190 g/mol. The molecule has 1 fully saturated rings. The van der Waals surface area contributed by atoms with Crippen molar-refractivity contribution in [2.24, 2.45) is 11.1 Å². The number of ketones is 1. The van der Waals surface area contributed by atoms with Crippen LogP contribution in [0.3, 0.4) is 0 Å². The second kappa shape index (κ2) is 5.42. The van der Waals surface area contributed by atoms with Crippen LogP contribution in [0.1, 0.15) is 32.6 Å². The van der Waals surface area contributed by atoms with Crippen LogP contribution < -0.4 is 5.73 Å². The van der Waals surface area contributed by atoms with Crippen molar-refractivity contribution in [3.63, 3.8) is 0 Å². The smallest absolute Gasteiger partial charge is 0.144 e. The van der Waals surface area contributed by atoms with Gasteiger partial charge in [-0.15, -0.1) is 0 Å². The molecule has 1 rings (SSSR count). The van der Waals surface area contributed by atoms with Gasteiger partial charge in [0.05, 0.1) is 0 Å². The van der Waals surface area contributed by atoms with Crippen molar-refractivity contribution in [2.75, 3.05) is 19.8 Å². The van der Waals surface area contributed by atoms with E-state index in [9.17, 15) is 4.79 Å². The molecule has 3 nitrogen and oxygen atoms in total. The van der Waals surface area contributed by atoms with E-state index in [4.69, 9.17) is 10.5 Å². The van der Waals surface area contributed by atoms with Crippen molar-refractivity contribution < 1.29 is 9.53 Å². The Balaban J connectivity index is 2.63. The van der Waals surface area contributed by atoms with Crippen LogP contribution in [0.2, 0.25) is 0 Å². The van der Waals surface area contributed by atoms with E-state index in [1.165, 1.54) is 0 Å². The van der Waals surface area contributed by atoms with Gasteiger partial charge in [0.15, 0.2) is 0 Å². The average Bonchev–Trinajstić information content (AvgIpc) is 2.29. The van der Waals surface area contributed by atoms with E-state index < -0.39 is 0 Å². The number of Topliss-reactive ketones (excluding diaryl/α,β-unsaturated/α-hetero) is 1. The number of carbonyl (C=O) groups excluding carboxylic acids is 1. The Bertz CT molecular complexity index is 242. The molecule has 0 aliphatic carbocycles. The standard InChI is InChI=1S/C12H21NO2/c1-3-10(2)8-11(14)12(9-13)4-6-15-7-5-12/h2-9,13H2,1H3. The monoisotopic (exact) mass is 211 g/mol. The maximum Gasteiger partial charge on any atom is 0.144 e. The molecule has 0 atom stereocenters. The third-order valence-electron chi connectivity index (χ3n) is 3.34. The lowest BCUT2D eigenvalue weighted by atomic mass is 9.74. The largest absolute Gasteiger partial charge is 0.381 e. The second-order valence-electron chi connectivity index (χ2n) is 4.30. The van der Waals surface area contributed by atoms with Crippen LogP contribution in [-0.2, 0) is 9.53 Å². The molecule has 1 saturated heterocycles. The Kier molecular flexibility index (Phi) is 4.48. The average molecular weight is 211 g/mol. The van der Waals surface area contributed by atoms with Gasteiger partial charge in [0.25, 0.3) is 0 Å². The predicted octanol–water partition coefficient (Wildman–Crippen LogP) is 1.67. The summed E-state index contributed by atoms with van der Waals surface area (Å²) in [6.45, 7) is 7.65. The highest BCUT2D eigenvalue weighted by atomic mass is 16.5. The van der Waals surface area contributed by atoms with Crippen LogP contribution in [0, 0.1) is 5.41 Å². The molecule has 0 aromatic carbocycles. The zero-order valence-corrected chi connectivity index (χ0v) is 9.55. The Morgan fingerprint density at radius 1 is 1.47 bits per heavy atom. The summed E-state index contributed by atoms with van der Waals surface area (Å²) in [6, 6.07) is 0. The van der Waals surface area contributed by atoms with Gasteiger partial charge in [0.2, 0.25) is 0 Å². The van der Waals surface area contributed by atoms with Gasteiger partial charge < -0.3 is 10.5 Å². The fourth-order valence-corrected chi connectivity index (χ4v) is 1.90. The molecule has 0 radical (unpaired) electrons. The van der Waals surface area contributed by atoms with Crippen molar-refractivity contribution >= 4 is 5.78 Å². The molecular formula is C12H21NO2. The van der Waals surface area contributed by atoms with Crippen LogP contribution in [0.25, 0.3) is 0 Å². The summed E-state index contributed by atoms with van der Waals surface area (Å²) in [4.78, 5) is 12.1. The highest BCUT2D eigenvalue weighted by molar-refractivity contribution is 5.87. The lowest BCUT2D eigenvalue weighted by Crippen LogP contribution is -2.43. The van der Waals surface area contributed by atoms with E-state index in [-0.39, 0.29) is 11.2 Å². The summed E-state index contributed by atoms with van der Waals surface area (Å²) in [7, 11) is 0. The summed E-state index contributed by atoms with van der Waals surface area (Å²) in [5.74, 6) is 0.250. The molecule has 0 aromatic rings. The normalized spacial score (nSPS) is 19.9. The number of rotatable bonds is 5. The molecule has 2 N–H and O–H groups in total. The lowest BCUT2D eigenvalue weighted by molar-refractivity contribution is -0.132. The van der Waals surface area contributed by atoms with E-state index >= 15 is 0 Å². The van der Waals surface area contributed by atoms with Crippen molar-refractivity contribution in [2.45, 2.75) is 32.6 Å². The third-order valence-corrected chi connectivity index (χ3v) is 3.34. The van der Waals surface area contributed by atoms with Gasteiger partial charge in [-0.25, -0.2) is 0 Å². The zero-order valence-electron chi connectivity index (χ0n) is 9.55. The van der Waals surface area contributed by atoms with Gasteiger partial charge in [-0.05, 0) is 19.3 Å². The van der Waals surface area contributed by atoms with Crippen molar-refractivity contribution in [3.8, 4) is 0 Å². The summed E-state index contributed by atoms with van der Waals surface area (Å²) in [5, 5.41) is 0. The summed E-state index contributed by atoms with van der Waals surface area (Å²) < 4.78 is 5.28. The topological polar surface area (TPSA) is 52.3 Å². The summed E-state index contributed by atoms with van der Waals surface area (Å²) in [6.07, 6.45) is 2.87. The van der Waals surface area contributed by atoms with Crippen molar-refractivity contribution in [3.05, 3.63) is 12.2 Å². The molecule has 0 aromatic heterocycles. The number of hydrogen-bond donors (Lipinski definition) is 1. The Hall–Kier alpha value is -0.670. The fraction of sp³-hybridized carbons (Fsp3) is 0.750. The van der Waals surface area contributed by atoms with Gasteiger partial charge in [-0.3, -0.25) is 4.79 Å². The Morgan fingerprint density at radius 3 is 2.53 bits per heavy atom. The Labute approximate surface area is 91.7 Å². The Morgan fingerprint density at radius 2 is 2.07 bits per heavy atom. The van der Waals surface area contributed by atoms with Gasteiger partial charge in [0.1, 0.15) is 5.78 Å². The van der Waals surface area contributed by atoms with E-state index in [0.29, 0.717) is 26.2 Å². The quantitative estimate of drug-likeness (QED) is 0.704. The molecule has 0 spiro atoms. The first-order chi connectivity index (χ1) is 7.14. The summed E-state index contributed by atoms with van der Waals surface area (Å²) in [5.41, 5.74) is 6.41. The molecule has 86 valence electrons. The van der Waals surface area contributed by atoms with E-state index in [1.54, 1.807) is 0 Å². The molecule has 15 heavy (non-hydrogen) atoms. The van der Waals surface area contributed by atoms with E-state index in [0.717, 1.165) is 24.8 Å². The predicted molar refractivity (Wildman–Crippen MR) is 60.6 cm³/mol. The van der Waals surface area contributed by atoms with E-state index in [1.807, 2.05) is 6.92 Å². The zero-order chi connectivity index (χ0) is 11.3. The third kappa shape index (κ3) is 2.89. The van der Waals surface area contributed by atoms with Gasteiger partial charge in [0, 0.05) is 31.6 Å². The van der Waals surface area contributed by atoms with Crippen LogP contribution >= 0.6 is 0 Å². The molecule has 1 aliphatic rings. The minimum atomic E-state index is -0.337. The van der Waals surface area contributed by atoms with Gasteiger partial charge >= 0.3 is 0 Å². The van der Waals surface area contributed by atoms with Gasteiger partial charge in [-0.2, -0.15) is 0 Å². The molecule has 0 unspecified atom stereocenters. The molecule has 0 amide bonds. The molecule has 1 aliphatic heterocycles. The first-order valence-electron chi connectivity index (χ1n) is 5.62. The maximum absolute atomic E-state index is 12.1. The maximum atomic E-state index is 12.1. The van der Waals surface area contributed by atoms with Gasteiger partial charge in [-0.1, -0.05) is 19.1 Å². The van der Waals surface area contributed by atoms with Crippen molar-refractivity contribution in [1.82, 2.24) is 0 Å². The highest BCUT2D eigenvalue weighted by Gasteiger charge is 2.37. The minimum absolute atomic E-state index is 0.250. The SMILES string of the molecule is C=C(CC)CC(=O)C1(CN)CCOCC1. The number of nitrogens with two attached hydrogens (primary N) is 1. The molecule has 0 saturated carbocycles. The highest BCUT2D eigenvalue weighted by Crippen LogP contribution is 2.32. The number of ether oxygens (including phenoxy) is 1. The van der Waals surface area contributed by atoms with E-state index in [2.05, 4.69) is 6.58 Å². The number of hydrogen-bond acceptors (Lipinski definition) is 3.